The third-order valence-electron chi connectivity index (χ3n) is 2.60. The van der Waals surface area contributed by atoms with Crippen LogP contribution >= 0.6 is 11.6 Å². The minimum absolute atomic E-state index is 0.551. The molecule has 1 aromatic heterocycles. The Kier molecular flexibility index (Phi) is 5.06. The molecular formula is C12H19ClN2. The van der Waals surface area contributed by atoms with Crippen molar-refractivity contribution in [2.75, 3.05) is 0 Å². The molecule has 0 bridgehead atoms. The van der Waals surface area contributed by atoms with Crippen LogP contribution in [0.2, 0.25) is 5.15 Å². The maximum absolute atomic E-state index is 5.72. The fourth-order valence-corrected chi connectivity index (χ4v) is 1.72. The number of nitrogens with zero attached hydrogens (tertiary/aromatic N) is 1. The fraction of sp³-hybridized carbons (Fsp3) is 0.583. The van der Waals surface area contributed by atoms with Crippen LogP contribution in [0.5, 0.6) is 0 Å². The molecule has 1 heterocycles. The Morgan fingerprint density at radius 1 is 1.40 bits per heavy atom. The summed E-state index contributed by atoms with van der Waals surface area (Å²) in [5.74, 6) is 0.662. The molecule has 1 aromatic rings. The summed E-state index contributed by atoms with van der Waals surface area (Å²) in [6, 6.07) is 4.41. The van der Waals surface area contributed by atoms with Crippen molar-refractivity contribution in [1.82, 2.24) is 10.3 Å². The van der Waals surface area contributed by atoms with Gasteiger partial charge in [0.1, 0.15) is 5.15 Å². The van der Waals surface area contributed by atoms with Crippen LogP contribution in [0.25, 0.3) is 0 Å². The quantitative estimate of drug-likeness (QED) is 0.780. The molecule has 15 heavy (non-hydrogen) atoms. The lowest BCUT2D eigenvalue weighted by Crippen LogP contribution is -2.32. The van der Waals surface area contributed by atoms with Crippen molar-refractivity contribution >= 4 is 11.6 Å². The van der Waals surface area contributed by atoms with Gasteiger partial charge < -0.3 is 5.32 Å². The first kappa shape index (κ1) is 12.5. The summed E-state index contributed by atoms with van der Waals surface area (Å²) in [7, 11) is 0. The molecule has 0 aromatic carbocycles. The van der Waals surface area contributed by atoms with Gasteiger partial charge in [0.25, 0.3) is 0 Å². The molecule has 0 aliphatic carbocycles. The second kappa shape index (κ2) is 6.09. The van der Waals surface area contributed by atoms with Crippen molar-refractivity contribution in [2.24, 2.45) is 5.92 Å². The number of hydrogen-bond donors (Lipinski definition) is 1. The lowest BCUT2D eigenvalue weighted by molar-refractivity contribution is 0.387. The molecule has 0 amide bonds. The minimum Gasteiger partial charge on any atom is -0.310 e. The molecule has 0 saturated carbocycles. The minimum atomic E-state index is 0.551. The van der Waals surface area contributed by atoms with Gasteiger partial charge in [0.05, 0.1) is 0 Å². The summed E-state index contributed by atoms with van der Waals surface area (Å²) in [4.78, 5) is 4.05. The largest absolute Gasteiger partial charge is 0.310 e. The van der Waals surface area contributed by atoms with Crippen LogP contribution in [0.4, 0.5) is 0 Å². The highest BCUT2D eigenvalue weighted by atomic mass is 35.5. The van der Waals surface area contributed by atoms with Gasteiger partial charge in [0, 0.05) is 18.8 Å². The van der Waals surface area contributed by atoms with Crippen molar-refractivity contribution < 1.29 is 0 Å². The summed E-state index contributed by atoms with van der Waals surface area (Å²) < 4.78 is 0. The predicted molar refractivity (Wildman–Crippen MR) is 65.0 cm³/mol. The molecule has 1 unspecified atom stereocenters. The number of pyridine rings is 1. The molecule has 0 spiro atoms. The van der Waals surface area contributed by atoms with Crippen LogP contribution in [0.1, 0.15) is 32.8 Å². The molecule has 3 heteroatoms. The van der Waals surface area contributed by atoms with Crippen LogP contribution in [0.15, 0.2) is 18.3 Å². The van der Waals surface area contributed by atoms with Crippen LogP contribution in [-0.4, -0.2) is 11.0 Å². The van der Waals surface area contributed by atoms with Crippen LogP contribution in [0.3, 0.4) is 0 Å². The Morgan fingerprint density at radius 2 is 2.13 bits per heavy atom. The van der Waals surface area contributed by atoms with E-state index in [1.54, 1.807) is 0 Å². The predicted octanol–water partition coefficient (Wildman–Crippen LogP) is 3.26. The highest BCUT2D eigenvalue weighted by Gasteiger charge is 2.09. The smallest absolute Gasteiger partial charge is 0.129 e. The van der Waals surface area contributed by atoms with Crippen molar-refractivity contribution in [3.8, 4) is 0 Å². The van der Waals surface area contributed by atoms with E-state index in [9.17, 15) is 0 Å². The second-order valence-corrected chi connectivity index (χ2v) is 4.52. The normalized spacial score (nSPS) is 13.1. The first-order valence-corrected chi connectivity index (χ1v) is 5.85. The SMILES string of the molecule is CCC(NCc1ccc(Cl)nc1)C(C)C. The van der Waals surface area contributed by atoms with Crippen molar-refractivity contribution in [1.29, 1.82) is 0 Å². The first-order valence-electron chi connectivity index (χ1n) is 5.47. The number of rotatable bonds is 5. The van der Waals surface area contributed by atoms with E-state index in [4.69, 9.17) is 11.6 Å². The Hall–Kier alpha value is -0.600. The molecule has 1 rings (SSSR count). The third kappa shape index (κ3) is 4.18. The highest BCUT2D eigenvalue weighted by molar-refractivity contribution is 6.29. The van der Waals surface area contributed by atoms with E-state index in [1.807, 2.05) is 18.3 Å². The number of aromatic nitrogens is 1. The Bertz CT molecular complexity index is 282. The van der Waals surface area contributed by atoms with Crippen LogP contribution in [-0.2, 0) is 6.54 Å². The van der Waals surface area contributed by atoms with E-state index < -0.39 is 0 Å². The van der Waals surface area contributed by atoms with Gasteiger partial charge in [-0.1, -0.05) is 38.4 Å². The molecule has 2 nitrogen and oxygen atoms in total. The second-order valence-electron chi connectivity index (χ2n) is 4.13. The summed E-state index contributed by atoms with van der Waals surface area (Å²) in [6.45, 7) is 7.54. The van der Waals surface area contributed by atoms with E-state index in [0.717, 1.165) is 13.0 Å². The van der Waals surface area contributed by atoms with Crippen molar-refractivity contribution in [2.45, 2.75) is 39.8 Å². The lowest BCUT2D eigenvalue weighted by atomic mass is 10.0. The average molecular weight is 227 g/mol. The first-order chi connectivity index (χ1) is 7.13. The van der Waals surface area contributed by atoms with E-state index in [0.29, 0.717) is 17.1 Å². The molecule has 1 N–H and O–H groups in total. The van der Waals surface area contributed by atoms with Gasteiger partial charge in [0.15, 0.2) is 0 Å². The zero-order chi connectivity index (χ0) is 11.3. The zero-order valence-electron chi connectivity index (χ0n) is 9.63. The van der Waals surface area contributed by atoms with Crippen LogP contribution < -0.4 is 5.32 Å². The summed E-state index contributed by atoms with van der Waals surface area (Å²) in [5, 5.41) is 4.07. The van der Waals surface area contributed by atoms with Gasteiger partial charge in [0.2, 0.25) is 0 Å². The Labute approximate surface area is 97.1 Å². The van der Waals surface area contributed by atoms with Crippen molar-refractivity contribution in [3.63, 3.8) is 0 Å². The summed E-state index contributed by atoms with van der Waals surface area (Å²) >= 11 is 5.72. The maximum Gasteiger partial charge on any atom is 0.129 e. The van der Waals surface area contributed by atoms with E-state index in [2.05, 4.69) is 31.1 Å². The zero-order valence-corrected chi connectivity index (χ0v) is 10.4. The van der Waals surface area contributed by atoms with E-state index in [-0.39, 0.29) is 0 Å². The molecule has 1 atom stereocenters. The topological polar surface area (TPSA) is 24.9 Å². The average Bonchev–Trinajstić information content (AvgIpc) is 2.21. The van der Waals surface area contributed by atoms with Gasteiger partial charge in [-0.3, -0.25) is 0 Å². The molecule has 0 fully saturated rings. The Morgan fingerprint density at radius 3 is 2.60 bits per heavy atom. The molecule has 0 saturated heterocycles. The summed E-state index contributed by atoms with van der Waals surface area (Å²) in [5.41, 5.74) is 1.18. The Balaban J connectivity index is 2.45. The number of nitrogens with one attached hydrogen (secondary N) is 1. The van der Waals surface area contributed by atoms with Gasteiger partial charge in [-0.15, -0.1) is 0 Å². The fourth-order valence-electron chi connectivity index (χ4n) is 1.61. The van der Waals surface area contributed by atoms with Crippen LogP contribution in [0, 0.1) is 5.92 Å². The monoisotopic (exact) mass is 226 g/mol. The third-order valence-corrected chi connectivity index (χ3v) is 2.83. The van der Waals surface area contributed by atoms with Gasteiger partial charge in [-0.05, 0) is 24.0 Å². The van der Waals surface area contributed by atoms with Crippen molar-refractivity contribution in [3.05, 3.63) is 29.0 Å². The molecule has 84 valence electrons. The molecule has 0 aliphatic rings. The van der Waals surface area contributed by atoms with E-state index >= 15 is 0 Å². The summed E-state index contributed by atoms with van der Waals surface area (Å²) in [6.07, 6.45) is 2.97. The standard InChI is InChI=1S/C12H19ClN2/c1-4-11(9(2)3)14-7-10-5-6-12(13)15-8-10/h5-6,8-9,11,14H,4,7H2,1-3H3. The molecule has 0 aliphatic heterocycles. The molecular weight excluding hydrogens is 208 g/mol. The van der Waals surface area contributed by atoms with E-state index in [1.165, 1.54) is 5.56 Å². The lowest BCUT2D eigenvalue weighted by Gasteiger charge is -2.20. The number of halogens is 1. The maximum atomic E-state index is 5.72. The highest BCUT2D eigenvalue weighted by Crippen LogP contribution is 2.08. The van der Waals surface area contributed by atoms with Gasteiger partial charge in [-0.2, -0.15) is 0 Å². The van der Waals surface area contributed by atoms with Gasteiger partial charge in [-0.25, -0.2) is 4.98 Å². The number of hydrogen-bond acceptors (Lipinski definition) is 2. The molecule has 0 radical (unpaired) electrons. The van der Waals surface area contributed by atoms with Gasteiger partial charge >= 0.3 is 0 Å².